The van der Waals surface area contributed by atoms with E-state index in [9.17, 15) is 0 Å². The summed E-state index contributed by atoms with van der Waals surface area (Å²) < 4.78 is 0. The number of aromatic amines is 1. The van der Waals surface area contributed by atoms with Crippen molar-refractivity contribution in [3.05, 3.63) is 24.3 Å². The quantitative estimate of drug-likeness (QED) is 0.770. The second-order valence-electron chi connectivity index (χ2n) is 4.12. The molecule has 0 radical (unpaired) electrons. The second kappa shape index (κ2) is 3.62. The Bertz CT molecular complexity index is 423. The number of nitrogens with one attached hydrogen (secondary N) is 2. The molecule has 0 spiro atoms. The SMILES string of the molecule is c1ncc2cc(C[C@H]3CCCN3)[nH]c2n1. The van der Waals surface area contributed by atoms with Crippen LogP contribution in [-0.2, 0) is 6.42 Å². The summed E-state index contributed by atoms with van der Waals surface area (Å²) in [7, 11) is 0. The number of hydrogen-bond acceptors (Lipinski definition) is 3. The van der Waals surface area contributed by atoms with Gasteiger partial charge in [-0.1, -0.05) is 0 Å². The van der Waals surface area contributed by atoms with Gasteiger partial charge in [-0.2, -0.15) is 0 Å². The number of H-pyrrole nitrogens is 1. The number of fused-ring (bicyclic) bond motifs is 1. The smallest absolute Gasteiger partial charge is 0.140 e. The Morgan fingerprint density at radius 2 is 2.47 bits per heavy atom. The molecular formula is C11H14N4. The van der Waals surface area contributed by atoms with Crippen molar-refractivity contribution in [3.8, 4) is 0 Å². The molecule has 4 nitrogen and oxygen atoms in total. The molecular weight excluding hydrogens is 188 g/mol. The van der Waals surface area contributed by atoms with Gasteiger partial charge in [0.25, 0.3) is 0 Å². The van der Waals surface area contributed by atoms with E-state index in [0.717, 1.165) is 24.0 Å². The van der Waals surface area contributed by atoms with E-state index < -0.39 is 0 Å². The zero-order valence-corrected chi connectivity index (χ0v) is 8.53. The number of nitrogens with zero attached hydrogens (tertiary/aromatic N) is 2. The van der Waals surface area contributed by atoms with E-state index in [4.69, 9.17) is 0 Å². The molecule has 1 atom stereocenters. The molecule has 4 heteroatoms. The van der Waals surface area contributed by atoms with Crippen molar-refractivity contribution in [1.29, 1.82) is 0 Å². The first-order chi connectivity index (χ1) is 7.42. The van der Waals surface area contributed by atoms with Crippen LogP contribution in [0.4, 0.5) is 0 Å². The lowest BCUT2D eigenvalue weighted by Crippen LogP contribution is -2.23. The minimum Gasteiger partial charge on any atom is -0.343 e. The Hall–Kier alpha value is -1.42. The highest BCUT2D eigenvalue weighted by molar-refractivity contribution is 5.75. The lowest BCUT2D eigenvalue weighted by atomic mass is 10.1. The molecule has 0 aliphatic carbocycles. The predicted molar refractivity (Wildman–Crippen MR) is 58.6 cm³/mol. The Labute approximate surface area is 88.1 Å². The van der Waals surface area contributed by atoms with Crippen LogP contribution in [-0.4, -0.2) is 27.5 Å². The van der Waals surface area contributed by atoms with E-state index in [1.165, 1.54) is 18.5 Å². The minimum absolute atomic E-state index is 0.631. The van der Waals surface area contributed by atoms with Crippen molar-refractivity contribution in [2.24, 2.45) is 0 Å². The molecule has 3 heterocycles. The van der Waals surface area contributed by atoms with Gasteiger partial charge in [0.05, 0.1) is 0 Å². The molecule has 78 valence electrons. The van der Waals surface area contributed by atoms with Crippen LogP contribution >= 0.6 is 0 Å². The average Bonchev–Trinajstić information content (AvgIpc) is 2.86. The molecule has 3 rings (SSSR count). The summed E-state index contributed by atoms with van der Waals surface area (Å²) in [5.74, 6) is 0. The maximum absolute atomic E-state index is 4.19. The third kappa shape index (κ3) is 1.72. The minimum atomic E-state index is 0.631. The molecule has 15 heavy (non-hydrogen) atoms. The van der Waals surface area contributed by atoms with Crippen LogP contribution in [0.2, 0.25) is 0 Å². The first-order valence-electron chi connectivity index (χ1n) is 5.43. The molecule has 2 aromatic rings. The fraction of sp³-hybridized carbons (Fsp3) is 0.455. The molecule has 1 aliphatic rings. The number of aromatic nitrogens is 3. The summed E-state index contributed by atoms with van der Waals surface area (Å²) in [5, 5.41) is 4.60. The molecule has 0 bridgehead atoms. The largest absolute Gasteiger partial charge is 0.343 e. The molecule has 0 unspecified atom stereocenters. The Kier molecular flexibility index (Phi) is 2.14. The summed E-state index contributed by atoms with van der Waals surface area (Å²) in [4.78, 5) is 11.5. The van der Waals surface area contributed by atoms with Gasteiger partial charge in [-0.15, -0.1) is 0 Å². The van der Waals surface area contributed by atoms with Gasteiger partial charge in [0, 0.05) is 29.7 Å². The zero-order chi connectivity index (χ0) is 10.1. The monoisotopic (exact) mass is 202 g/mol. The van der Waals surface area contributed by atoms with Gasteiger partial charge in [-0.3, -0.25) is 0 Å². The van der Waals surface area contributed by atoms with Gasteiger partial charge in [-0.05, 0) is 25.5 Å². The fourth-order valence-electron chi connectivity index (χ4n) is 2.23. The lowest BCUT2D eigenvalue weighted by molar-refractivity contribution is 0.597. The van der Waals surface area contributed by atoms with Crippen molar-refractivity contribution < 1.29 is 0 Å². The normalized spacial score (nSPS) is 21.2. The van der Waals surface area contributed by atoms with E-state index >= 15 is 0 Å². The van der Waals surface area contributed by atoms with Crippen LogP contribution in [0.3, 0.4) is 0 Å². The van der Waals surface area contributed by atoms with E-state index in [1.807, 2.05) is 6.20 Å². The van der Waals surface area contributed by atoms with Crippen LogP contribution in [0.5, 0.6) is 0 Å². The zero-order valence-electron chi connectivity index (χ0n) is 8.53. The van der Waals surface area contributed by atoms with Crippen molar-refractivity contribution in [1.82, 2.24) is 20.3 Å². The van der Waals surface area contributed by atoms with Gasteiger partial charge in [0.2, 0.25) is 0 Å². The van der Waals surface area contributed by atoms with Gasteiger partial charge in [-0.25, -0.2) is 9.97 Å². The van der Waals surface area contributed by atoms with E-state index in [0.29, 0.717) is 6.04 Å². The highest BCUT2D eigenvalue weighted by Crippen LogP contribution is 2.15. The molecule has 1 aliphatic heterocycles. The van der Waals surface area contributed by atoms with E-state index in [1.54, 1.807) is 6.33 Å². The Morgan fingerprint density at radius 3 is 3.27 bits per heavy atom. The van der Waals surface area contributed by atoms with Crippen molar-refractivity contribution >= 4 is 11.0 Å². The number of rotatable bonds is 2. The molecule has 1 fully saturated rings. The number of hydrogen-bond donors (Lipinski definition) is 2. The van der Waals surface area contributed by atoms with Crippen molar-refractivity contribution in [3.63, 3.8) is 0 Å². The Balaban J connectivity index is 1.84. The van der Waals surface area contributed by atoms with Crippen LogP contribution < -0.4 is 5.32 Å². The van der Waals surface area contributed by atoms with E-state index in [-0.39, 0.29) is 0 Å². The summed E-state index contributed by atoms with van der Waals surface area (Å²) in [6, 6.07) is 2.78. The molecule has 2 aromatic heterocycles. The third-order valence-electron chi connectivity index (χ3n) is 2.98. The molecule has 0 amide bonds. The second-order valence-corrected chi connectivity index (χ2v) is 4.12. The molecule has 0 aromatic carbocycles. The average molecular weight is 202 g/mol. The standard InChI is InChI=1S/C11H14N4/c1-2-9(13-3-1)5-10-4-8-6-12-7-14-11(8)15-10/h4,6-7,9,13H,1-3,5H2,(H,12,14,15)/t9-/m1/s1. The topological polar surface area (TPSA) is 53.6 Å². The molecule has 1 saturated heterocycles. The first-order valence-corrected chi connectivity index (χ1v) is 5.43. The maximum atomic E-state index is 4.19. The summed E-state index contributed by atoms with van der Waals surface area (Å²) >= 11 is 0. The predicted octanol–water partition coefficient (Wildman–Crippen LogP) is 1.25. The van der Waals surface area contributed by atoms with Crippen LogP contribution in [0.25, 0.3) is 11.0 Å². The van der Waals surface area contributed by atoms with Crippen molar-refractivity contribution in [2.45, 2.75) is 25.3 Å². The van der Waals surface area contributed by atoms with Gasteiger partial charge >= 0.3 is 0 Å². The van der Waals surface area contributed by atoms with Crippen LogP contribution in [0.15, 0.2) is 18.6 Å². The van der Waals surface area contributed by atoms with Gasteiger partial charge in [0.1, 0.15) is 12.0 Å². The fourth-order valence-corrected chi connectivity index (χ4v) is 2.23. The third-order valence-corrected chi connectivity index (χ3v) is 2.98. The van der Waals surface area contributed by atoms with Gasteiger partial charge in [0.15, 0.2) is 0 Å². The maximum Gasteiger partial charge on any atom is 0.140 e. The lowest BCUT2D eigenvalue weighted by Gasteiger charge is -2.07. The molecule has 0 saturated carbocycles. The highest BCUT2D eigenvalue weighted by atomic mass is 15.0. The van der Waals surface area contributed by atoms with Crippen LogP contribution in [0.1, 0.15) is 18.5 Å². The van der Waals surface area contributed by atoms with E-state index in [2.05, 4.69) is 26.3 Å². The Morgan fingerprint density at radius 1 is 1.47 bits per heavy atom. The summed E-state index contributed by atoms with van der Waals surface area (Å²) in [6.07, 6.45) is 7.07. The summed E-state index contributed by atoms with van der Waals surface area (Å²) in [5.41, 5.74) is 2.20. The molecule has 2 N–H and O–H groups in total. The summed E-state index contributed by atoms with van der Waals surface area (Å²) in [6.45, 7) is 1.16. The van der Waals surface area contributed by atoms with Gasteiger partial charge < -0.3 is 10.3 Å². The van der Waals surface area contributed by atoms with Crippen molar-refractivity contribution in [2.75, 3.05) is 6.54 Å². The van der Waals surface area contributed by atoms with Crippen LogP contribution in [0, 0.1) is 0 Å². The first kappa shape index (κ1) is 8.85. The highest BCUT2D eigenvalue weighted by Gasteiger charge is 2.15.